The van der Waals surface area contributed by atoms with E-state index >= 15 is 0 Å². The molecule has 0 atom stereocenters. The van der Waals surface area contributed by atoms with E-state index in [4.69, 9.17) is 4.74 Å². The lowest BCUT2D eigenvalue weighted by Crippen LogP contribution is -2.59. The highest BCUT2D eigenvalue weighted by Crippen LogP contribution is 2.15. The van der Waals surface area contributed by atoms with E-state index in [0.29, 0.717) is 17.7 Å². The number of quaternary nitrogens is 1. The lowest BCUT2D eigenvalue weighted by atomic mass is 10.1. The zero-order chi connectivity index (χ0) is 16.1. The molecule has 1 fully saturated rings. The third kappa shape index (κ3) is 8.74. The van der Waals surface area contributed by atoms with Gasteiger partial charge in [-0.2, -0.15) is 0 Å². The van der Waals surface area contributed by atoms with Crippen LogP contribution in [0.4, 0.5) is 0 Å². The summed E-state index contributed by atoms with van der Waals surface area (Å²) in [6.45, 7) is 6.39. The zero-order valence-electron chi connectivity index (χ0n) is 14.5. The van der Waals surface area contributed by atoms with Gasteiger partial charge in [0, 0.05) is 0 Å². The van der Waals surface area contributed by atoms with Crippen LogP contribution in [0.2, 0.25) is 0 Å². The molecule has 1 saturated heterocycles. The number of carbonyl (C=O) groups excluding carboxylic acids is 1. The van der Waals surface area contributed by atoms with Crippen LogP contribution in [0.15, 0.2) is 0 Å². The Hall–Kier alpha value is -0.610. The largest absolute Gasteiger partial charge is 0.544 e. The van der Waals surface area contributed by atoms with E-state index in [1.807, 2.05) is 0 Å². The molecule has 130 valence electrons. The average Bonchev–Trinajstić information content (AvgIpc) is 2.49. The smallest absolute Gasteiger partial charge is 0.119 e. The maximum absolute atomic E-state index is 11.0. The second kappa shape index (κ2) is 11.9. The first-order chi connectivity index (χ1) is 10.7. The van der Waals surface area contributed by atoms with Gasteiger partial charge in [-0.15, -0.1) is 0 Å². The Bertz CT molecular complexity index is 288. The van der Waals surface area contributed by atoms with Gasteiger partial charge in [-0.1, -0.05) is 58.3 Å². The summed E-state index contributed by atoms with van der Waals surface area (Å²) < 4.78 is 6.04. The van der Waals surface area contributed by atoms with Gasteiger partial charge in [-0.05, 0) is 12.8 Å². The van der Waals surface area contributed by atoms with E-state index in [1.165, 1.54) is 57.8 Å². The molecule has 1 aliphatic rings. The quantitative estimate of drug-likeness (QED) is 0.388. The molecule has 0 aromatic heterocycles. The van der Waals surface area contributed by atoms with Crippen LogP contribution in [0.5, 0.6) is 0 Å². The van der Waals surface area contributed by atoms with Gasteiger partial charge in [-0.25, -0.2) is 0 Å². The first kappa shape index (κ1) is 19.4. The molecule has 0 unspecified atom stereocenters. The monoisotopic (exact) mass is 313 g/mol. The molecule has 0 aromatic rings. The number of morpholine rings is 1. The fraction of sp³-hybridized carbons (Fsp3) is 0.944. The molecule has 1 aliphatic heterocycles. The summed E-state index contributed by atoms with van der Waals surface area (Å²) in [5, 5.41) is 11.0. The Kier molecular flexibility index (Phi) is 10.5. The van der Waals surface area contributed by atoms with E-state index in [0.717, 1.165) is 26.1 Å². The van der Waals surface area contributed by atoms with Gasteiger partial charge in [0.2, 0.25) is 0 Å². The summed E-state index contributed by atoms with van der Waals surface area (Å²) >= 11 is 0. The van der Waals surface area contributed by atoms with Gasteiger partial charge >= 0.3 is 0 Å². The highest BCUT2D eigenvalue weighted by Gasteiger charge is 2.29. The number of hydrogen-bond acceptors (Lipinski definition) is 3. The van der Waals surface area contributed by atoms with Crippen molar-refractivity contribution in [1.82, 2.24) is 0 Å². The SMILES string of the molecule is CCCCCCCCCCCC[N+]1(CC(=O)[O-])CCOCC1. The van der Waals surface area contributed by atoms with Crippen LogP contribution in [-0.4, -0.2) is 49.8 Å². The Balaban J connectivity index is 2.04. The molecule has 0 aliphatic carbocycles. The van der Waals surface area contributed by atoms with Crippen molar-refractivity contribution in [3.8, 4) is 0 Å². The van der Waals surface area contributed by atoms with Crippen LogP contribution >= 0.6 is 0 Å². The number of nitrogens with zero attached hydrogens (tertiary/aromatic N) is 1. The minimum Gasteiger partial charge on any atom is -0.544 e. The number of unbranched alkanes of at least 4 members (excludes halogenated alkanes) is 9. The van der Waals surface area contributed by atoms with Crippen molar-refractivity contribution in [2.45, 2.75) is 71.1 Å². The molecule has 22 heavy (non-hydrogen) atoms. The Labute approximate surface area is 136 Å². The Morgan fingerprint density at radius 1 is 0.909 bits per heavy atom. The summed E-state index contributed by atoms with van der Waals surface area (Å²) in [5.41, 5.74) is 0. The minimum atomic E-state index is -0.922. The van der Waals surface area contributed by atoms with E-state index in [9.17, 15) is 9.90 Å². The fourth-order valence-electron chi connectivity index (χ4n) is 3.40. The highest BCUT2D eigenvalue weighted by atomic mass is 16.5. The van der Waals surface area contributed by atoms with Crippen LogP contribution in [0.1, 0.15) is 71.1 Å². The highest BCUT2D eigenvalue weighted by molar-refractivity contribution is 5.65. The zero-order valence-corrected chi connectivity index (χ0v) is 14.5. The van der Waals surface area contributed by atoms with Gasteiger partial charge in [-0.3, -0.25) is 0 Å². The molecule has 0 amide bonds. The molecule has 1 heterocycles. The lowest BCUT2D eigenvalue weighted by Gasteiger charge is -2.41. The third-order valence-electron chi connectivity index (χ3n) is 4.87. The van der Waals surface area contributed by atoms with Crippen LogP contribution in [0.3, 0.4) is 0 Å². The van der Waals surface area contributed by atoms with Crippen molar-refractivity contribution >= 4 is 5.97 Å². The molecule has 0 N–H and O–H groups in total. The van der Waals surface area contributed by atoms with Crippen molar-refractivity contribution in [1.29, 1.82) is 0 Å². The van der Waals surface area contributed by atoms with Gasteiger partial charge in [0.15, 0.2) is 0 Å². The number of carboxylic acids is 1. The van der Waals surface area contributed by atoms with E-state index < -0.39 is 5.97 Å². The predicted molar refractivity (Wildman–Crippen MR) is 87.4 cm³/mol. The summed E-state index contributed by atoms with van der Waals surface area (Å²) in [6.07, 6.45) is 13.2. The molecular formula is C18H35NO3. The maximum atomic E-state index is 11.0. The van der Waals surface area contributed by atoms with Crippen LogP contribution < -0.4 is 5.11 Å². The van der Waals surface area contributed by atoms with Gasteiger partial charge in [0.25, 0.3) is 0 Å². The van der Waals surface area contributed by atoms with Crippen molar-refractivity contribution in [3.05, 3.63) is 0 Å². The minimum absolute atomic E-state index is 0.154. The molecule has 0 aromatic carbocycles. The topological polar surface area (TPSA) is 49.4 Å². The summed E-state index contributed by atoms with van der Waals surface area (Å²) in [4.78, 5) is 11.0. The van der Waals surface area contributed by atoms with Crippen LogP contribution in [0.25, 0.3) is 0 Å². The Morgan fingerprint density at radius 2 is 1.41 bits per heavy atom. The van der Waals surface area contributed by atoms with E-state index in [1.54, 1.807) is 0 Å². The summed E-state index contributed by atoms with van der Waals surface area (Å²) in [6, 6.07) is 0. The molecule has 0 radical (unpaired) electrons. The number of hydrogen-bond donors (Lipinski definition) is 0. The molecular weight excluding hydrogens is 278 g/mol. The number of rotatable bonds is 13. The normalized spacial score (nSPS) is 17.5. The standard InChI is InChI=1S/C18H35NO3/c1-2-3-4-5-6-7-8-9-10-11-12-19(17-18(20)21)13-15-22-16-14-19/h2-17H2,1H3. The first-order valence-electron chi connectivity index (χ1n) is 9.31. The van der Waals surface area contributed by atoms with E-state index in [-0.39, 0.29) is 6.54 Å². The van der Waals surface area contributed by atoms with Crippen molar-refractivity contribution < 1.29 is 19.1 Å². The molecule has 1 rings (SSSR count). The summed E-state index contributed by atoms with van der Waals surface area (Å²) in [5.74, 6) is -0.922. The molecule has 4 heteroatoms. The summed E-state index contributed by atoms with van der Waals surface area (Å²) in [7, 11) is 0. The second-order valence-electron chi connectivity index (χ2n) is 6.84. The Morgan fingerprint density at radius 3 is 1.91 bits per heavy atom. The first-order valence-corrected chi connectivity index (χ1v) is 9.31. The van der Waals surface area contributed by atoms with Gasteiger partial charge < -0.3 is 19.1 Å². The van der Waals surface area contributed by atoms with Crippen molar-refractivity contribution in [3.63, 3.8) is 0 Å². The molecule has 0 spiro atoms. The third-order valence-corrected chi connectivity index (χ3v) is 4.87. The maximum Gasteiger partial charge on any atom is 0.119 e. The predicted octanol–water partition coefficient (Wildman–Crippen LogP) is 2.50. The lowest BCUT2D eigenvalue weighted by molar-refractivity contribution is -0.930. The molecule has 0 bridgehead atoms. The van der Waals surface area contributed by atoms with Gasteiger partial charge in [0.05, 0.1) is 25.7 Å². The number of carbonyl (C=O) groups is 1. The van der Waals surface area contributed by atoms with Gasteiger partial charge in [0.1, 0.15) is 19.6 Å². The van der Waals surface area contributed by atoms with Crippen LogP contribution in [-0.2, 0) is 9.53 Å². The number of carboxylic acid groups (broad SMARTS) is 1. The van der Waals surface area contributed by atoms with Crippen molar-refractivity contribution in [2.24, 2.45) is 0 Å². The average molecular weight is 313 g/mol. The molecule has 4 nitrogen and oxygen atoms in total. The molecule has 0 saturated carbocycles. The fourth-order valence-corrected chi connectivity index (χ4v) is 3.40. The number of aliphatic carboxylic acids is 1. The van der Waals surface area contributed by atoms with Crippen molar-refractivity contribution in [2.75, 3.05) is 39.4 Å². The van der Waals surface area contributed by atoms with E-state index in [2.05, 4.69) is 6.92 Å². The number of ether oxygens (including phenoxy) is 1. The van der Waals surface area contributed by atoms with Crippen LogP contribution in [0, 0.1) is 0 Å². The second-order valence-corrected chi connectivity index (χ2v) is 6.84.